The van der Waals surface area contributed by atoms with E-state index in [1.807, 2.05) is 0 Å². The molecule has 32 heavy (non-hydrogen) atoms. The van der Waals surface area contributed by atoms with Crippen molar-refractivity contribution in [3.05, 3.63) is 35.9 Å². The first-order chi connectivity index (χ1) is 15.1. The standard InChI is InChI=1S/C23H32F5NO3/c1-2-3-4-5-6-7-8-9-13-16-32-20(30)19(17-18-14-11-10-12-15-18)29-21(31)22(24,25)23(26,27)28/h10-12,14-15,19H,2-9,13,16-17H2,1H3,(H,29,31). The largest absolute Gasteiger partial charge is 0.464 e. The number of benzene rings is 1. The fourth-order valence-electron chi connectivity index (χ4n) is 3.11. The maximum Gasteiger partial charge on any atom is 0.463 e. The Morgan fingerprint density at radius 1 is 0.875 bits per heavy atom. The Bertz CT molecular complexity index is 680. The lowest BCUT2D eigenvalue weighted by Crippen LogP contribution is -2.55. The number of amides is 1. The summed E-state index contributed by atoms with van der Waals surface area (Å²) in [5.41, 5.74) is 0.480. The van der Waals surface area contributed by atoms with Gasteiger partial charge in [0.05, 0.1) is 6.61 Å². The van der Waals surface area contributed by atoms with Crippen LogP contribution >= 0.6 is 0 Å². The summed E-state index contributed by atoms with van der Waals surface area (Å²) < 4.78 is 69.1. The van der Waals surface area contributed by atoms with Crippen molar-refractivity contribution in [2.24, 2.45) is 0 Å². The van der Waals surface area contributed by atoms with Crippen LogP contribution in [0.1, 0.15) is 70.3 Å². The van der Waals surface area contributed by atoms with Crippen LogP contribution in [0.5, 0.6) is 0 Å². The van der Waals surface area contributed by atoms with E-state index in [1.54, 1.807) is 30.3 Å². The molecule has 0 aliphatic heterocycles. The fraction of sp³-hybridized carbons (Fsp3) is 0.652. The molecule has 1 N–H and O–H groups in total. The number of nitrogens with one attached hydrogen (secondary N) is 1. The van der Waals surface area contributed by atoms with Crippen molar-refractivity contribution in [2.75, 3.05) is 6.61 Å². The number of carbonyl (C=O) groups excluding carboxylic acids is 2. The number of alkyl halides is 5. The molecule has 4 nitrogen and oxygen atoms in total. The Morgan fingerprint density at radius 2 is 1.41 bits per heavy atom. The zero-order chi connectivity index (χ0) is 24.0. The van der Waals surface area contributed by atoms with Gasteiger partial charge in [0.25, 0.3) is 0 Å². The minimum absolute atomic E-state index is 0.00545. The van der Waals surface area contributed by atoms with Crippen LogP contribution < -0.4 is 5.32 Å². The van der Waals surface area contributed by atoms with Gasteiger partial charge in [0, 0.05) is 6.42 Å². The molecule has 0 radical (unpaired) electrons. The number of halogens is 5. The van der Waals surface area contributed by atoms with Crippen molar-refractivity contribution in [3.8, 4) is 0 Å². The summed E-state index contributed by atoms with van der Waals surface area (Å²) in [4.78, 5) is 23.9. The molecule has 0 aliphatic rings. The van der Waals surface area contributed by atoms with Gasteiger partial charge in [-0.25, -0.2) is 4.79 Å². The van der Waals surface area contributed by atoms with Crippen molar-refractivity contribution >= 4 is 11.9 Å². The van der Waals surface area contributed by atoms with Crippen LogP contribution in [0.4, 0.5) is 22.0 Å². The molecule has 0 saturated carbocycles. The molecule has 1 aromatic rings. The molecule has 9 heteroatoms. The maximum absolute atomic E-state index is 13.3. The second-order valence-electron chi connectivity index (χ2n) is 7.78. The molecule has 182 valence electrons. The van der Waals surface area contributed by atoms with E-state index >= 15 is 0 Å². The second kappa shape index (κ2) is 14.1. The third-order valence-electron chi connectivity index (χ3n) is 5.01. The van der Waals surface area contributed by atoms with Gasteiger partial charge in [-0.05, 0) is 12.0 Å². The van der Waals surface area contributed by atoms with E-state index in [9.17, 15) is 31.5 Å². The number of hydrogen-bond donors (Lipinski definition) is 1. The lowest BCUT2D eigenvalue weighted by Gasteiger charge is -2.23. The number of hydrogen-bond acceptors (Lipinski definition) is 3. The van der Waals surface area contributed by atoms with Gasteiger partial charge in [0.15, 0.2) is 0 Å². The van der Waals surface area contributed by atoms with Crippen LogP contribution in [0.25, 0.3) is 0 Å². The van der Waals surface area contributed by atoms with Crippen LogP contribution in [-0.2, 0) is 20.7 Å². The Labute approximate surface area is 185 Å². The number of unbranched alkanes of at least 4 members (excludes halogenated alkanes) is 8. The van der Waals surface area contributed by atoms with E-state index in [0.29, 0.717) is 12.0 Å². The Balaban J connectivity index is 2.54. The van der Waals surface area contributed by atoms with Gasteiger partial charge in [-0.15, -0.1) is 0 Å². The van der Waals surface area contributed by atoms with Crippen LogP contribution in [-0.4, -0.2) is 36.6 Å². The fourth-order valence-corrected chi connectivity index (χ4v) is 3.11. The summed E-state index contributed by atoms with van der Waals surface area (Å²) in [6.07, 6.45) is 3.01. The molecule has 1 unspecified atom stereocenters. The highest BCUT2D eigenvalue weighted by molar-refractivity contribution is 5.89. The third kappa shape index (κ3) is 9.96. The van der Waals surface area contributed by atoms with E-state index in [0.717, 1.165) is 25.7 Å². The van der Waals surface area contributed by atoms with Crippen LogP contribution in [0.3, 0.4) is 0 Å². The molecule has 1 aromatic carbocycles. The van der Waals surface area contributed by atoms with Crippen molar-refractivity contribution in [1.82, 2.24) is 5.32 Å². The quantitative estimate of drug-likeness (QED) is 0.197. The highest BCUT2D eigenvalue weighted by Gasteiger charge is 2.63. The summed E-state index contributed by atoms with van der Waals surface area (Å²) in [6, 6.07) is 6.38. The molecule has 1 atom stereocenters. The SMILES string of the molecule is CCCCCCCCCCCOC(=O)C(Cc1ccccc1)NC(=O)C(F)(F)C(F)(F)F. The van der Waals surface area contributed by atoms with Crippen LogP contribution in [0.2, 0.25) is 0 Å². The molecule has 0 saturated heterocycles. The van der Waals surface area contributed by atoms with Crippen molar-refractivity contribution in [1.29, 1.82) is 0 Å². The zero-order valence-electron chi connectivity index (χ0n) is 18.4. The van der Waals surface area contributed by atoms with Gasteiger partial charge in [0.1, 0.15) is 6.04 Å². The van der Waals surface area contributed by atoms with Gasteiger partial charge in [-0.2, -0.15) is 22.0 Å². The number of ether oxygens (including phenoxy) is 1. The van der Waals surface area contributed by atoms with E-state index < -0.39 is 30.0 Å². The predicted octanol–water partition coefficient (Wildman–Crippen LogP) is 5.99. The second-order valence-corrected chi connectivity index (χ2v) is 7.78. The first kappa shape index (κ1) is 27.8. The average Bonchev–Trinajstić information content (AvgIpc) is 2.74. The van der Waals surface area contributed by atoms with Gasteiger partial charge in [-0.1, -0.05) is 88.6 Å². The molecular formula is C23H32F5NO3. The Hall–Kier alpha value is -2.19. The maximum atomic E-state index is 13.3. The summed E-state index contributed by atoms with van der Waals surface area (Å²) >= 11 is 0. The minimum atomic E-state index is -6.06. The molecule has 0 bridgehead atoms. The van der Waals surface area contributed by atoms with E-state index in [4.69, 9.17) is 4.74 Å². The average molecular weight is 466 g/mol. The van der Waals surface area contributed by atoms with Gasteiger partial charge < -0.3 is 10.1 Å². The monoisotopic (exact) mass is 465 g/mol. The normalized spacial score (nSPS) is 12.9. The van der Waals surface area contributed by atoms with Gasteiger partial charge >= 0.3 is 24.0 Å². The zero-order valence-corrected chi connectivity index (χ0v) is 18.4. The Kier molecular flexibility index (Phi) is 12.2. The van der Waals surface area contributed by atoms with Crippen molar-refractivity contribution < 1.29 is 36.3 Å². The molecule has 0 spiro atoms. The van der Waals surface area contributed by atoms with E-state index in [2.05, 4.69) is 6.92 Å². The molecular weight excluding hydrogens is 433 g/mol. The van der Waals surface area contributed by atoms with Crippen LogP contribution in [0, 0.1) is 0 Å². The predicted molar refractivity (Wildman–Crippen MR) is 111 cm³/mol. The summed E-state index contributed by atoms with van der Waals surface area (Å²) in [6.45, 7) is 2.16. The van der Waals surface area contributed by atoms with Crippen molar-refractivity contribution in [3.63, 3.8) is 0 Å². The van der Waals surface area contributed by atoms with E-state index in [-0.39, 0.29) is 13.0 Å². The van der Waals surface area contributed by atoms with Crippen molar-refractivity contribution in [2.45, 2.75) is 89.3 Å². The van der Waals surface area contributed by atoms with Crippen LogP contribution in [0.15, 0.2) is 30.3 Å². The number of esters is 1. The van der Waals surface area contributed by atoms with Gasteiger partial charge in [0.2, 0.25) is 0 Å². The third-order valence-corrected chi connectivity index (χ3v) is 5.01. The molecule has 0 aliphatic carbocycles. The molecule has 0 heterocycles. The smallest absolute Gasteiger partial charge is 0.463 e. The molecule has 1 amide bonds. The number of rotatable bonds is 15. The molecule has 0 fully saturated rings. The highest BCUT2D eigenvalue weighted by atomic mass is 19.4. The number of carbonyl (C=O) groups is 2. The first-order valence-corrected chi connectivity index (χ1v) is 11.1. The highest BCUT2D eigenvalue weighted by Crippen LogP contribution is 2.35. The van der Waals surface area contributed by atoms with Gasteiger partial charge in [-0.3, -0.25) is 4.79 Å². The lowest BCUT2D eigenvalue weighted by molar-refractivity contribution is -0.270. The van der Waals surface area contributed by atoms with E-state index in [1.165, 1.54) is 31.0 Å². The molecule has 0 aromatic heterocycles. The first-order valence-electron chi connectivity index (χ1n) is 11.1. The lowest BCUT2D eigenvalue weighted by atomic mass is 10.1. The molecule has 1 rings (SSSR count). The summed E-state index contributed by atoms with van der Waals surface area (Å²) in [5.74, 6) is -9.23. The Morgan fingerprint density at radius 3 is 1.94 bits per heavy atom. The topological polar surface area (TPSA) is 55.4 Å². The summed E-state index contributed by atoms with van der Waals surface area (Å²) in [5, 5.41) is 1.51. The minimum Gasteiger partial charge on any atom is -0.464 e. The summed E-state index contributed by atoms with van der Waals surface area (Å²) in [7, 11) is 0.